The van der Waals surface area contributed by atoms with E-state index < -0.39 is 23.3 Å². The predicted octanol–water partition coefficient (Wildman–Crippen LogP) is 3.35. The number of aromatic nitrogens is 2. The molecule has 1 aromatic carbocycles. The molecule has 2 rings (SSSR count). The standard InChI is InChI=1S/C11H6BrF3N2O2/c12-7-4-16-17(5-7)9-2-1-6(10(18)19)3-8(9)11(13,14)15/h1-5H,(H,18,19). The van der Waals surface area contributed by atoms with E-state index >= 15 is 0 Å². The quantitative estimate of drug-likeness (QED) is 0.916. The minimum Gasteiger partial charge on any atom is -0.478 e. The number of alkyl halides is 3. The highest BCUT2D eigenvalue weighted by Gasteiger charge is 2.35. The Hall–Kier alpha value is -1.83. The van der Waals surface area contributed by atoms with Crippen LogP contribution in [0.15, 0.2) is 35.1 Å². The zero-order valence-electron chi connectivity index (χ0n) is 9.15. The molecule has 100 valence electrons. The number of rotatable bonds is 2. The van der Waals surface area contributed by atoms with Gasteiger partial charge in [0, 0.05) is 6.20 Å². The summed E-state index contributed by atoms with van der Waals surface area (Å²) in [5.74, 6) is -1.42. The summed E-state index contributed by atoms with van der Waals surface area (Å²) in [6, 6.07) is 2.77. The van der Waals surface area contributed by atoms with Gasteiger partial charge in [0.25, 0.3) is 0 Å². The summed E-state index contributed by atoms with van der Waals surface area (Å²) in [6.45, 7) is 0. The topological polar surface area (TPSA) is 55.1 Å². The number of carboxylic acids is 1. The molecule has 1 heterocycles. The van der Waals surface area contributed by atoms with Gasteiger partial charge in [-0.1, -0.05) is 0 Å². The van der Waals surface area contributed by atoms with Gasteiger partial charge >= 0.3 is 12.1 Å². The fraction of sp³-hybridized carbons (Fsp3) is 0.0909. The summed E-state index contributed by atoms with van der Waals surface area (Å²) in [7, 11) is 0. The molecule has 0 fully saturated rings. The number of halogens is 4. The lowest BCUT2D eigenvalue weighted by molar-refractivity contribution is -0.137. The van der Waals surface area contributed by atoms with Gasteiger partial charge in [-0.25, -0.2) is 9.48 Å². The number of hydrogen-bond donors (Lipinski definition) is 1. The zero-order chi connectivity index (χ0) is 14.2. The molecule has 0 aliphatic rings. The van der Waals surface area contributed by atoms with Crippen LogP contribution in [0.2, 0.25) is 0 Å². The third kappa shape index (κ3) is 2.78. The largest absolute Gasteiger partial charge is 0.478 e. The Morgan fingerprint density at radius 3 is 2.53 bits per heavy atom. The van der Waals surface area contributed by atoms with Crippen LogP contribution in [-0.2, 0) is 6.18 Å². The molecule has 0 unspecified atom stereocenters. The molecule has 0 spiro atoms. The first kappa shape index (κ1) is 13.6. The van der Waals surface area contributed by atoms with Crippen molar-refractivity contribution in [1.29, 1.82) is 0 Å². The van der Waals surface area contributed by atoms with Crippen molar-refractivity contribution in [2.45, 2.75) is 6.18 Å². The normalized spacial score (nSPS) is 11.6. The molecular weight excluding hydrogens is 329 g/mol. The number of hydrogen-bond acceptors (Lipinski definition) is 2. The van der Waals surface area contributed by atoms with E-state index in [0.717, 1.165) is 16.8 Å². The van der Waals surface area contributed by atoms with Gasteiger partial charge in [0.2, 0.25) is 0 Å². The van der Waals surface area contributed by atoms with Gasteiger partial charge in [-0.15, -0.1) is 0 Å². The average molecular weight is 335 g/mol. The van der Waals surface area contributed by atoms with Gasteiger partial charge in [0.1, 0.15) is 0 Å². The first-order valence-corrected chi connectivity index (χ1v) is 5.73. The number of carboxylic acid groups (broad SMARTS) is 1. The first-order chi connectivity index (χ1) is 8.79. The van der Waals surface area contributed by atoms with E-state index in [1.54, 1.807) is 0 Å². The monoisotopic (exact) mass is 334 g/mol. The fourth-order valence-electron chi connectivity index (χ4n) is 1.53. The van der Waals surface area contributed by atoms with Crippen LogP contribution in [0.25, 0.3) is 5.69 Å². The Kier molecular flexibility index (Phi) is 3.36. The Morgan fingerprint density at radius 2 is 2.05 bits per heavy atom. The molecule has 1 aromatic heterocycles. The lowest BCUT2D eigenvalue weighted by Gasteiger charge is -2.13. The summed E-state index contributed by atoms with van der Waals surface area (Å²) >= 11 is 3.08. The van der Waals surface area contributed by atoms with Crippen LogP contribution in [0.5, 0.6) is 0 Å². The highest BCUT2D eigenvalue weighted by Crippen LogP contribution is 2.34. The minimum atomic E-state index is -4.67. The van der Waals surface area contributed by atoms with E-state index in [4.69, 9.17) is 5.11 Å². The predicted molar refractivity (Wildman–Crippen MR) is 63.2 cm³/mol. The second kappa shape index (κ2) is 4.69. The van der Waals surface area contributed by atoms with Crippen molar-refractivity contribution < 1.29 is 23.1 Å². The Morgan fingerprint density at radius 1 is 1.37 bits per heavy atom. The van der Waals surface area contributed by atoms with E-state index in [2.05, 4.69) is 21.0 Å². The van der Waals surface area contributed by atoms with Crippen LogP contribution < -0.4 is 0 Å². The van der Waals surface area contributed by atoms with Gasteiger partial charge in [0.05, 0.1) is 27.5 Å². The zero-order valence-corrected chi connectivity index (χ0v) is 10.7. The second-order valence-electron chi connectivity index (χ2n) is 3.64. The molecule has 4 nitrogen and oxygen atoms in total. The minimum absolute atomic E-state index is 0.233. The Labute approximate surface area is 113 Å². The molecule has 0 saturated carbocycles. The molecule has 0 aliphatic heterocycles. The summed E-state index contributed by atoms with van der Waals surface area (Å²) in [5, 5.41) is 12.5. The van der Waals surface area contributed by atoms with Crippen molar-refractivity contribution in [3.05, 3.63) is 46.2 Å². The maximum atomic E-state index is 12.9. The molecule has 0 saturated heterocycles. The highest BCUT2D eigenvalue weighted by molar-refractivity contribution is 9.10. The molecule has 2 aromatic rings. The van der Waals surface area contributed by atoms with E-state index in [9.17, 15) is 18.0 Å². The van der Waals surface area contributed by atoms with Gasteiger partial charge in [-0.05, 0) is 34.1 Å². The molecule has 0 radical (unpaired) electrons. The number of aromatic carboxylic acids is 1. The lowest BCUT2D eigenvalue weighted by Crippen LogP contribution is -2.13. The molecule has 0 atom stereocenters. The lowest BCUT2D eigenvalue weighted by atomic mass is 10.1. The van der Waals surface area contributed by atoms with Gasteiger partial charge in [0.15, 0.2) is 0 Å². The van der Waals surface area contributed by atoms with Crippen LogP contribution in [0.1, 0.15) is 15.9 Å². The molecular formula is C11H6BrF3N2O2. The molecule has 1 N–H and O–H groups in total. The summed E-state index contributed by atoms with van der Waals surface area (Å²) in [5.41, 5.74) is -1.71. The van der Waals surface area contributed by atoms with Gasteiger partial charge in [-0.3, -0.25) is 0 Å². The van der Waals surface area contributed by atoms with E-state index in [1.165, 1.54) is 12.4 Å². The summed E-state index contributed by atoms with van der Waals surface area (Å²) in [4.78, 5) is 10.7. The van der Waals surface area contributed by atoms with Gasteiger partial charge in [-0.2, -0.15) is 18.3 Å². The molecule has 0 amide bonds. The summed E-state index contributed by atoms with van der Waals surface area (Å²) < 4.78 is 40.4. The van der Waals surface area contributed by atoms with E-state index in [0.29, 0.717) is 10.5 Å². The molecule has 0 aliphatic carbocycles. The average Bonchev–Trinajstić information content (AvgIpc) is 2.73. The van der Waals surface area contributed by atoms with Crippen LogP contribution in [0.3, 0.4) is 0 Å². The number of carbonyl (C=O) groups is 1. The van der Waals surface area contributed by atoms with Crippen LogP contribution in [-0.4, -0.2) is 20.9 Å². The van der Waals surface area contributed by atoms with Crippen LogP contribution in [0.4, 0.5) is 13.2 Å². The first-order valence-electron chi connectivity index (χ1n) is 4.94. The third-order valence-electron chi connectivity index (χ3n) is 2.35. The van der Waals surface area contributed by atoms with Crippen molar-refractivity contribution in [2.75, 3.05) is 0 Å². The maximum absolute atomic E-state index is 12.9. The van der Waals surface area contributed by atoms with Crippen molar-refractivity contribution in [3.63, 3.8) is 0 Å². The van der Waals surface area contributed by atoms with E-state index in [1.807, 2.05) is 0 Å². The van der Waals surface area contributed by atoms with Crippen molar-refractivity contribution in [1.82, 2.24) is 9.78 Å². The SMILES string of the molecule is O=C(O)c1ccc(-n2cc(Br)cn2)c(C(F)(F)F)c1. The van der Waals surface area contributed by atoms with Gasteiger partial charge < -0.3 is 5.11 Å². The van der Waals surface area contributed by atoms with Crippen molar-refractivity contribution in [2.24, 2.45) is 0 Å². The number of benzene rings is 1. The van der Waals surface area contributed by atoms with Crippen molar-refractivity contribution >= 4 is 21.9 Å². The van der Waals surface area contributed by atoms with E-state index in [-0.39, 0.29) is 5.69 Å². The highest BCUT2D eigenvalue weighted by atomic mass is 79.9. The second-order valence-corrected chi connectivity index (χ2v) is 4.55. The molecule has 8 heteroatoms. The Balaban J connectivity index is 2.64. The number of nitrogens with zero attached hydrogens (tertiary/aromatic N) is 2. The molecule has 19 heavy (non-hydrogen) atoms. The maximum Gasteiger partial charge on any atom is 0.418 e. The smallest absolute Gasteiger partial charge is 0.418 e. The van der Waals surface area contributed by atoms with Crippen molar-refractivity contribution in [3.8, 4) is 5.69 Å². The summed E-state index contributed by atoms with van der Waals surface area (Å²) in [6.07, 6.45) is -1.98. The fourth-order valence-corrected chi connectivity index (χ4v) is 1.81. The van der Waals surface area contributed by atoms with Crippen LogP contribution in [0, 0.1) is 0 Å². The molecule has 0 bridgehead atoms. The third-order valence-corrected chi connectivity index (χ3v) is 2.76. The Bertz CT molecular complexity index is 637. The van der Waals surface area contributed by atoms with Crippen LogP contribution >= 0.6 is 15.9 Å².